The fourth-order valence-corrected chi connectivity index (χ4v) is 4.10. The minimum Gasteiger partial charge on any atom is -0.451 e. The van der Waals surface area contributed by atoms with Gasteiger partial charge in [0.1, 0.15) is 17.8 Å². The van der Waals surface area contributed by atoms with Crippen LogP contribution in [0, 0.1) is 5.82 Å². The van der Waals surface area contributed by atoms with E-state index in [0.717, 1.165) is 0 Å². The van der Waals surface area contributed by atoms with Crippen molar-refractivity contribution in [3.63, 3.8) is 0 Å². The summed E-state index contributed by atoms with van der Waals surface area (Å²) in [6, 6.07) is 4.40. The molecule has 0 saturated carbocycles. The normalized spacial score (nSPS) is 21.5. The van der Waals surface area contributed by atoms with Gasteiger partial charge in [-0.1, -0.05) is 18.2 Å². The topological polar surface area (TPSA) is 90.7 Å². The second-order valence-corrected chi connectivity index (χ2v) is 7.77. The van der Waals surface area contributed by atoms with Crippen molar-refractivity contribution in [2.75, 3.05) is 31.1 Å². The number of carbonyl (C=O) groups excluding carboxylic acids is 2. The van der Waals surface area contributed by atoms with Gasteiger partial charge in [0.25, 0.3) is 5.91 Å². The zero-order valence-corrected chi connectivity index (χ0v) is 16.9. The number of hydrogen-bond acceptors (Lipinski definition) is 6. The summed E-state index contributed by atoms with van der Waals surface area (Å²) >= 11 is 5.94. The Hall–Kier alpha value is -3.07. The molecular formula is C20H21ClFN5O3. The number of aromatic nitrogens is 1. The lowest BCUT2D eigenvalue weighted by Crippen LogP contribution is -2.50. The predicted octanol–water partition coefficient (Wildman–Crippen LogP) is 1.98. The van der Waals surface area contributed by atoms with Crippen LogP contribution in [0.15, 0.2) is 47.7 Å². The molecule has 3 heterocycles. The standard InChI is InChI=1S/C20H21ClFN5O3/c1-13-24-19(29)20(25-13,17-11-30-12-23-17)3-2-18(28)27-6-4-26(5-7-27)16-9-14(21)8-15(22)10-16/h8-12,25H,1-7H2,(H,24,29). The van der Waals surface area contributed by atoms with Crippen LogP contribution < -0.4 is 15.5 Å². The molecule has 4 rings (SSSR count). The molecule has 1 atom stereocenters. The van der Waals surface area contributed by atoms with E-state index in [-0.39, 0.29) is 24.7 Å². The Bertz CT molecular complexity index is 955. The summed E-state index contributed by atoms with van der Waals surface area (Å²) in [5, 5.41) is 5.98. The molecule has 2 saturated heterocycles. The number of halogens is 2. The first-order valence-electron chi connectivity index (χ1n) is 9.53. The molecule has 2 aromatic rings. The zero-order valence-electron chi connectivity index (χ0n) is 16.2. The van der Waals surface area contributed by atoms with Crippen LogP contribution in [-0.4, -0.2) is 47.9 Å². The van der Waals surface area contributed by atoms with E-state index in [2.05, 4.69) is 22.2 Å². The van der Waals surface area contributed by atoms with Crippen LogP contribution in [0.25, 0.3) is 0 Å². The van der Waals surface area contributed by atoms with Gasteiger partial charge in [-0.2, -0.15) is 0 Å². The molecule has 1 aromatic carbocycles. The molecule has 8 nitrogen and oxygen atoms in total. The van der Waals surface area contributed by atoms with Gasteiger partial charge in [0, 0.05) is 43.3 Å². The van der Waals surface area contributed by atoms with E-state index in [1.54, 1.807) is 11.0 Å². The van der Waals surface area contributed by atoms with Gasteiger partial charge >= 0.3 is 0 Å². The molecule has 0 aliphatic carbocycles. The number of oxazole rings is 1. The van der Waals surface area contributed by atoms with Crippen molar-refractivity contribution in [2.45, 2.75) is 18.4 Å². The van der Waals surface area contributed by atoms with Crippen LogP contribution in [0.3, 0.4) is 0 Å². The Labute approximate surface area is 177 Å². The third-order valence-electron chi connectivity index (χ3n) is 5.44. The van der Waals surface area contributed by atoms with E-state index < -0.39 is 11.4 Å². The summed E-state index contributed by atoms with van der Waals surface area (Å²) in [5.41, 5.74) is -0.0819. The number of piperazine rings is 1. The van der Waals surface area contributed by atoms with Gasteiger partial charge < -0.3 is 24.9 Å². The molecule has 2 aliphatic rings. The largest absolute Gasteiger partial charge is 0.451 e. The maximum absolute atomic E-state index is 13.6. The summed E-state index contributed by atoms with van der Waals surface area (Å²) in [6.45, 7) is 5.86. The molecule has 0 bridgehead atoms. The van der Waals surface area contributed by atoms with Crippen molar-refractivity contribution in [1.29, 1.82) is 0 Å². The Kier molecular flexibility index (Phi) is 5.38. The van der Waals surface area contributed by atoms with Gasteiger partial charge in [-0.05, 0) is 24.6 Å². The minimum absolute atomic E-state index is 0.0677. The maximum Gasteiger partial charge on any atom is 0.257 e. The van der Waals surface area contributed by atoms with Crippen molar-refractivity contribution in [2.24, 2.45) is 0 Å². The monoisotopic (exact) mass is 433 g/mol. The van der Waals surface area contributed by atoms with Gasteiger partial charge in [0.2, 0.25) is 5.91 Å². The Morgan fingerprint density at radius 3 is 2.67 bits per heavy atom. The molecule has 2 aliphatic heterocycles. The van der Waals surface area contributed by atoms with Gasteiger partial charge in [-0.25, -0.2) is 9.37 Å². The van der Waals surface area contributed by atoms with E-state index in [1.165, 1.54) is 24.8 Å². The molecule has 10 heteroatoms. The van der Waals surface area contributed by atoms with E-state index in [1.807, 2.05) is 4.90 Å². The van der Waals surface area contributed by atoms with Gasteiger partial charge in [-0.3, -0.25) is 9.59 Å². The maximum atomic E-state index is 13.6. The molecule has 1 aromatic heterocycles. The zero-order chi connectivity index (χ0) is 21.3. The first kappa shape index (κ1) is 20.2. The van der Waals surface area contributed by atoms with Crippen molar-refractivity contribution >= 4 is 29.1 Å². The number of amides is 2. The number of anilines is 1. The molecule has 2 fully saturated rings. The third kappa shape index (κ3) is 3.85. The number of carbonyl (C=O) groups is 2. The Balaban J connectivity index is 1.38. The van der Waals surface area contributed by atoms with Crippen molar-refractivity contribution in [3.8, 4) is 0 Å². The van der Waals surface area contributed by atoms with Crippen LogP contribution in [0.2, 0.25) is 5.02 Å². The van der Waals surface area contributed by atoms with E-state index in [4.69, 9.17) is 16.0 Å². The van der Waals surface area contributed by atoms with Crippen molar-refractivity contribution in [3.05, 3.63) is 59.8 Å². The van der Waals surface area contributed by atoms with Crippen molar-refractivity contribution < 1.29 is 18.4 Å². The average Bonchev–Trinajstić information content (AvgIpc) is 3.34. The summed E-state index contributed by atoms with van der Waals surface area (Å²) in [4.78, 5) is 33.2. The highest BCUT2D eigenvalue weighted by Gasteiger charge is 2.47. The van der Waals surface area contributed by atoms with E-state index in [0.29, 0.717) is 48.4 Å². The van der Waals surface area contributed by atoms with Crippen LogP contribution >= 0.6 is 11.6 Å². The number of rotatable bonds is 5. The SMILES string of the molecule is C=C1NC(=O)C(CCC(=O)N2CCN(c3cc(F)cc(Cl)c3)CC2)(c2cocn2)N1. The molecule has 1 unspecified atom stereocenters. The fraction of sp³-hybridized carbons (Fsp3) is 0.350. The predicted molar refractivity (Wildman–Crippen MR) is 108 cm³/mol. The van der Waals surface area contributed by atoms with Crippen LogP contribution in [0.1, 0.15) is 18.5 Å². The second kappa shape index (κ2) is 7.98. The molecule has 2 N–H and O–H groups in total. The smallest absolute Gasteiger partial charge is 0.257 e. The number of hydrogen-bond donors (Lipinski definition) is 2. The number of nitrogens with zero attached hydrogens (tertiary/aromatic N) is 3. The van der Waals surface area contributed by atoms with E-state index in [9.17, 15) is 14.0 Å². The summed E-state index contributed by atoms with van der Waals surface area (Å²) in [6.07, 6.45) is 2.99. The molecule has 0 spiro atoms. The lowest BCUT2D eigenvalue weighted by molar-refractivity contribution is -0.132. The highest BCUT2D eigenvalue weighted by molar-refractivity contribution is 6.30. The Morgan fingerprint density at radius 2 is 2.07 bits per heavy atom. The molecule has 30 heavy (non-hydrogen) atoms. The summed E-state index contributed by atoms with van der Waals surface area (Å²) < 4.78 is 18.6. The first-order valence-corrected chi connectivity index (χ1v) is 9.91. The van der Waals surface area contributed by atoms with E-state index >= 15 is 0 Å². The summed E-state index contributed by atoms with van der Waals surface area (Å²) in [5.74, 6) is -0.417. The van der Waals surface area contributed by atoms with Crippen LogP contribution in [0.5, 0.6) is 0 Å². The summed E-state index contributed by atoms with van der Waals surface area (Å²) in [7, 11) is 0. The second-order valence-electron chi connectivity index (χ2n) is 7.33. The molecule has 0 radical (unpaired) electrons. The van der Waals surface area contributed by atoms with Crippen LogP contribution in [0.4, 0.5) is 10.1 Å². The Morgan fingerprint density at radius 1 is 1.30 bits per heavy atom. The number of nitrogens with one attached hydrogen (secondary N) is 2. The molecular weight excluding hydrogens is 413 g/mol. The first-order chi connectivity index (χ1) is 14.4. The van der Waals surface area contributed by atoms with Crippen molar-refractivity contribution in [1.82, 2.24) is 20.5 Å². The fourth-order valence-electron chi connectivity index (χ4n) is 3.89. The lowest BCUT2D eigenvalue weighted by atomic mass is 9.90. The van der Waals surface area contributed by atoms with Gasteiger partial charge in [0.15, 0.2) is 11.9 Å². The third-order valence-corrected chi connectivity index (χ3v) is 5.66. The van der Waals surface area contributed by atoms with Gasteiger partial charge in [0.05, 0.1) is 5.82 Å². The number of benzene rings is 1. The average molecular weight is 434 g/mol. The highest BCUT2D eigenvalue weighted by Crippen LogP contribution is 2.31. The van der Waals surface area contributed by atoms with Gasteiger partial charge in [-0.15, -0.1) is 0 Å². The molecule has 158 valence electrons. The quantitative estimate of drug-likeness (QED) is 0.749. The lowest BCUT2D eigenvalue weighted by Gasteiger charge is -2.36. The minimum atomic E-state index is -1.18. The highest BCUT2D eigenvalue weighted by atomic mass is 35.5. The van der Waals surface area contributed by atoms with Crippen LogP contribution in [-0.2, 0) is 15.1 Å². The molecule has 2 amide bonds.